The summed E-state index contributed by atoms with van der Waals surface area (Å²) in [4.78, 5) is 11.2. The molecule has 0 radical (unpaired) electrons. The molecule has 0 bridgehead atoms. The van der Waals surface area contributed by atoms with Crippen LogP contribution < -0.4 is 0 Å². The fraction of sp³-hybridized carbons (Fsp3) is 0.824. The quantitative estimate of drug-likeness (QED) is 0.564. The van der Waals surface area contributed by atoms with Gasteiger partial charge in [-0.2, -0.15) is 0 Å². The van der Waals surface area contributed by atoms with Gasteiger partial charge in [0.2, 0.25) is 0 Å². The number of hydrogen-bond acceptors (Lipinski definition) is 2. The Bertz CT molecular complexity index is 360. The molecule has 1 fully saturated rings. The third kappa shape index (κ3) is 2.88. The van der Waals surface area contributed by atoms with Crippen molar-refractivity contribution in [1.82, 2.24) is 0 Å². The van der Waals surface area contributed by atoms with E-state index in [-0.39, 0.29) is 11.4 Å². The van der Waals surface area contributed by atoms with Crippen LogP contribution in [0.5, 0.6) is 0 Å². The Balaban J connectivity index is 2.20. The zero-order valence-corrected chi connectivity index (χ0v) is 12.8. The number of carbonyl (C=O) groups excluding carboxylic acids is 1. The van der Waals surface area contributed by atoms with Crippen molar-refractivity contribution >= 4 is 5.97 Å². The minimum absolute atomic E-state index is 0.127. The maximum atomic E-state index is 11.2. The number of carbonyl (C=O) groups is 1. The summed E-state index contributed by atoms with van der Waals surface area (Å²) < 4.78 is 5.38. The first-order valence-corrected chi connectivity index (χ1v) is 7.79. The SMILES string of the molecule is CC[C@H]1CCC[C@@](C)(COC(C)=O)[C@H]2C=C[C@H](C)[C@@H]12. The lowest BCUT2D eigenvalue weighted by Gasteiger charge is -2.39. The molecule has 0 aliphatic heterocycles. The van der Waals surface area contributed by atoms with E-state index in [0.29, 0.717) is 18.4 Å². The van der Waals surface area contributed by atoms with Gasteiger partial charge in [0.05, 0.1) is 6.61 Å². The smallest absolute Gasteiger partial charge is 0.302 e. The zero-order valence-electron chi connectivity index (χ0n) is 12.8. The predicted octanol–water partition coefficient (Wildman–Crippen LogP) is 4.20. The second-order valence-corrected chi connectivity index (χ2v) is 6.84. The molecular formula is C17H28O2. The molecule has 0 N–H and O–H groups in total. The van der Waals surface area contributed by atoms with Crippen molar-refractivity contribution in [1.29, 1.82) is 0 Å². The minimum atomic E-state index is -0.149. The summed E-state index contributed by atoms with van der Waals surface area (Å²) in [6, 6.07) is 0. The average molecular weight is 264 g/mol. The highest BCUT2D eigenvalue weighted by Gasteiger charge is 2.46. The first-order valence-electron chi connectivity index (χ1n) is 7.79. The van der Waals surface area contributed by atoms with E-state index in [9.17, 15) is 4.79 Å². The van der Waals surface area contributed by atoms with Crippen molar-refractivity contribution in [2.75, 3.05) is 6.61 Å². The number of fused-ring (bicyclic) bond motifs is 1. The summed E-state index contributed by atoms with van der Waals surface area (Å²) in [6.45, 7) is 9.08. The van der Waals surface area contributed by atoms with Crippen molar-refractivity contribution < 1.29 is 9.53 Å². The van der Waals surface area contributed by atoms with E-state index in [1.54, 1.807) is 0 Å². The van der Waals surface area contributed by atoms with Gasteiger partial charge < -0.3 is 4.74 Å². The summed E-state index contributed by atoms with van der Waals surface area (Å²) in [5.74, 6) is 2.67. The van der Waals surface area contributed by atoms with Crippen LogP contribution >= 0.6 is 0 Å². The maximum Gasteiger partial charge on any atom is 0.302 e. The number of ether oxygens (including phenoxy) is 1. The Morgan fingerprint density at radius 2 is 2.16 bits per heavy atom. The van der Waals surface area contributed by atoms with Gasteiger partial charge in [0, 0.05) is 12.3 Å². The van der Waals surface area contributed by atoms with Crippen LogP contribution in [0.3, 0.4) is 0 Å². The average Bonchev–Trinajstić information content (AvgIpc) is 2.68. The van der Waals surface area contributed by atoms with Crippen LogP contribution in [0.1, 0.15) is 53.4 Å². The molecule has 2 heteroatoms. The van der Waals surface area contributed by atoms with E-state index in [1.807, 2.05) is 0 Å². The molecule has 1 saturated carbocycles. The molecule has 2 aliphatic rings. The largest absolute Gasteiger partial charge is 0.465 e. The molecule has 0 heterocycles. The van der Waals surface area contributed by atoms with Gasteiger partial charge in [-0.1, -0.05) is 52.2 Å². The van der Waals surface area contributed by atoms with E-state index in [2.05, 4.69) is 32.9 Å². The Morgan fingerprint density at radius 1 is 1.42 bits per heavy atom. The van der Waals surface area contributed by atoms with Crippen molar-refractivity contribution in [2.45, 2.75) is 53.4 Å². The third-order valence-corrected chi connectivity index (χ3v) is 5.45. The van der Waals surface area contributed by atoms with E-state index in [1.165, 1.54) is 32.6 Å². The fourth-order valence-corrected chi connectivity index (χ4v) is 4.34. The van der Waals surface area contributed by atoms with E-state index in [0.717, 1.165) is 11.8 Å². The van der Waals surface area contributed by atoms with Crippen molar-refractivity contribution in [2.24, 2.45) is 29.1 Å². The molecule has 0 aromatic carbocycles. The topological polar surface area (TPSA) is 26.3 Å². The van der Waals surface area contributed by atoms with E-state index in [4.69, 9.17) is 4.74 Å². The summed E-state index contributed by atoms with van der Waals surface area (Å²) >= 11 is 0. The highest BCUT2D eigenvalue weighted by Crippen LogP contribution is 2.52. The first-order chi connectivity index (χ1) is 8.98. The van der Waals surface area contributed by atoms with Crippen LogP contribution in [0.4, 0.5) is 0 Å². The lowest BCUT2D eigenvalue weighted by molar-refractivity contribution is -0.145. The predicted molar refractivity (Wildman–Crippen MR) is 77.7 cm³/mol. The van der Waals surface area contributed by atoms with Gasteiger partial charge in [-0.3, -0.25) is 4.79 Å². The first kappa shape index (κ1) is 14.6. The molecular weight excluding hydrogens is 236 g/mol. The molecule has 0 aromatic rings. The third-order valence-electron chi connectivity index (χ3n) is 5.45. The molecule has 5 atom stereocenters. The standard InChI is InChI=1S/C17H28O2/c1-5-14-7-6-10-17(4,11-19-13(3)18)15-9-8-12(2)16(14)15/h8-9,12,14-16H,5-7,10-11H2,1-4H3/t12-,14-,15-,16-,17-/m0/s1. The Hall–Kier alpha value is -0.790. The summed E-state index contributed by atoms with van der Waals surface area (Å²) in [6.07, 6.45) is 9.84. The normalized spacial score (nSPS) is 41.7. The zero-order chi connectivity index (χ0) is 14.0. The van der Waals surface area contributed by atoms with Crippen LogP contribution in [0.2, 0.25) is 0 Å². The molecule has 19 heavy (non-hydrogen) atoms. The summed E-state index contributed by atoms with van der Waals surface area (Å²) in [7, 11) is 0. The molecule has 2 aliphatic carbocycles. The van der Waals surface area contributed by atoms with E-state index < -0.39 is 0 Å². The lowest BCUT2D eigenvalue weighted by atomic mass is 9.67. The second-order valence-electron chi connectivity index (χ2n) is 6.84. The highest BCUT2D eigenvalue weighted by atomic mass is 16.5. The number of rotatable bonds is 3. The molecule has 0 aromatic heterocycles. The number of esters is 1. The lowest BCUT2D eigenvalue weighted by Crippen LogP contribution is -2.36. The minimum Gasteiger partial charge on any atom is -0.465 e. The molecule has 0 spiro atoms. The van der Waals surface area contributed by atoms with Crippen molar-refractivity contribution in [3.63, 3.8) is 0 Å². The Labute approximate surface area is 117 Å². The van der Waals surface area contributed by atoms with Crippen LogP contribution in [0, 0.1) is 29.1 Å². The van der Waals surface area contributed by atoms with Gasteiger partial charge in [0.25, 0.3) is 0 Å². The molecule has 0 unspecified atom stereocenters. The molecule has 108 valence electrons. The van der Waals surface area contributed by atoms with Gasteiger partial charge in [0.15, 0.2) is 0 Å². The Kier molecular flexibility index (Phi) is 4.37. The summed E-state index contributed by atoms with van der Waals surface area (Å²) in [5, 5.41) is 0. The number of hydrogen-bond donors (Lipinski definition) is 0. The molecule has 2 nitrogen and oxygen atoms in total. The van der Waals surface area contributed by atoms with Crippen LogP contribution in [0.25, 0.3) is 0 Å². The summed E-state index contributed by atoms with van der Waals surface area (Å²) in [5.41, 5.74) is 0.127. The van der Waals surface area contributed by atoms with Crippen molar-refractivity contribution in [3.8, 4) is 0 Å². The maximum absolute atomic E-state index is 11.2. The van der Waals surface area contributed by atoms with Crippen LogP contribution in [-0.4, -0.2) is 12.6 Å². The monoisotopic (exact) mass is 264 g/mol. The van der Waals surface area contributed by atoms with Crippen LogP contribution in [0.15, 0.2) is 12.2 Å². The molecule has 0 amide bonds. The van der Waals surface area contributed by atoms with Gasteiger partial charge in [-0.15, -0.1) is 0 Å². The van der Waals surface area contributed by atoms with Gasteiger partial charge in [0.1, 0.15) is 0 Å². The van der Waals surface area contributed by atoms with Gasteiger partial charge in [-0.25, -0.2) is 0 Å². The molecule has 2 rings (SSSR count). The fourth-order valence-electron chi connectivity index (χ4n) is 4.34. The highest BCUT2D eigenvalue weighted by molar-refractivity contribution is 5.65. The number of allylic oxidation sites excluding steroid dienone is 2. The van der Waals surface area contributed by atoms with Crippen molar-refractivity contribution in [3.05, 3.63) is 12.2 Å². The van der Waals surface area contributed by atoms with Gasteiger partial charge in [-0.05, 0) is 30.1 Å². The molecule has 0 saturated heterocycles. The second kappa shape index (κ2) is 5.68. The Morgan fingerprint density at radius 3 is 2.79 bits per heavy atom. The van der Waals surface area contributed by atoms with Crippen LogP contribution in [-0.2, 0) is 9.53 Å². The van der Waals surface area contributed by atoms with Gasteiger partial charge >= 0.3 is 5.97 Å². The van der Waals surface area contributed by atoms with E-state index >= 15 is 0 Å².